The summed E-state index contributed by atoms with van der Waals surface area (Å²) < 4.78 is 10.5. The van der Waals surface area contributed by atoms with Crippen LogP contribution in [0.4, 0.5) is 0 Å². The number of halogens is 1. The van der Waals surface area contributed by atoms with Gasteiger partial charge in [-0.3, -0.25) is 0 Å². The van der Waals surface area contributed by atoms with Crippen LogP contribution < -0.4 is 15.2 Å². The lowest BCUT2D eigenvalue weighted by molar-refractivity contribution is 0.0696. The normalized spacial score (nSPS) is 12.0. The van der Waals surface area contributed by atoms with Gasteiger partial charge < -0.3 is 20.3 Å². The number of carbonyl (C=O) groups is 1. The smallest absolute Gasteiger partial charge is 0.335 e. The van der Waals surface area contributed by atoms with Crippen LogP contribution in [0.3, 0.4) is 0 Å². The van der Waals surface area contributed by atoms with Gasteiger partial charge in [0.05, 0.1) is 17.7 Å². The fourth-order valence-electron chi connectivity index (χ4n) is 1.21. The Morgan fingerprint density at radius 1 is 1.59 bits per heavy atom. The second-order valence-corrected chi connectivity index (χ2v) is 3.87. The van der Waals surface area contributed by atoms with Gasteiger partial charge in [-0.1, -0.05) is 11.6 Å². The van der Waals surface area contributed by atoms with E-state index in [-0.39, 0.29) is 22.4 Å². The van der Waals surface area contributed by atoms with Crippen molar-refractivity contribution in [3.05, 3.63) is 22.7 Å². The minimum absolute atomic E-state index is 0.0413. The highest BCUT2D eigenvalue weighted by Gasteiger charge is 2.16. The molecule has 1 unspecified atom stereocenters. The van der Waals surface area contributed by atoms with E-state index in [1.54, 1.807) is 6.92 Å². The number of hydrogen-bond donors (Lipinski definition) is 2. The van der Waals surface area contributed by atoms with Gasteiger partial charge in [0.2, 0.25) is 0 Å². The van der Waals surface area contributed by atoms with Crippen LogP contribution in [0, 0.1) is 0 Å². The summed E-state index contributed by atoms with van der Waals surface area (Å²) in [4.78, 5) is 10.8. The Labute approximate surface area is 104 Å². The molecule has 0 spiro atoms. The van der Waals surface area contributed by atoms with Gasteiger partial charge in [0.25, 0.3) is 0 Å². The molecule has 0 saturated heterocycles. The molecule has 94 valence electrons. The highest BCUT2D eigenvalue weighted by molar-refractivity contribution is 6.32. The average Bonchev–Trinajstić information content (AvgIpc) is 2.30. The van der Waals surface area contributed by atoms with Gasteiger partial charge in [-0.05, 0) is 19.1 Å². The molecule has 5 nitrogen and oxygen atoms in total. The first-order valence-electron chi connectivity index (χ1n) is 4.97. The third-order valence-electron chi connectivity index (χ3n) is 2.13. The van der Waals surface area contributed by atoms with Crippen LogP contribution >= 0.6 is 11.6 Å². The molecule has 1 atom stereocenters. The molecule has 1 aromatic carbocycles. The number of methoxy groups -OCH3 is 1. The first-order chi connectivity index (χ1) is 7.99. The first-order valence-corrected chi connectivity index (χ1v) is 5.35. The molecule has 0 radical (unpaired) electrons. The van der Waals surface area contributed by atoms with Gasteiger partial charge in [0.15, 0.2) is 11.5 Å². The van der Waals surface area contributed by atoms with E-state index in [1.165, 1.54) is 19.2 Å². The van der Waals surface area contributed by atoms with Crippen LogP contribution in [0.15, 0.2) is 12.1 Å². The standard InChI is InChI=1S/C11H14ClNO4/c1-6(5-13)17-10-8(12)3-7(11(14)15)4-9(10)16-2/h3-4,6H,5,13H2,1-2H3,(H,14,15). The van der Waals surface area contributed by atoms with E-state index in [9.17, 15) is 4.79 Å². The molecule has 1 rings (SSSR count). The molecule has 0 aliphatic carbocycles. The largest absolute Gasteiger partial charge is 0.493 e. The molecule has 0 fully saturated rings. The SMILES string of the molecule is COc1cc(C(=O)O)cc(Cl)c1OC(C)CN. The molecule has 0 heterocycles. The summed E-state index contributed by atoms with van der Waals surface area (Å²) in [5.74, 6) is -0.504. The Bertz CT molecular complexity index is 422. The number of ether oxygens (including phenoxy) is 2. The highest BCUT2D eigenvalue weighted by atomic mass is 35.5. The average molecular weight is 260 g/mol. The number of aromatic carboxylic acids is 1. The fourth-order valence-corrected chi connectivity index (χ4v) is 1.46. The van der Waals surface area contributed by atoms with Crippen molar-refractivity contribution < 1.29 is 19.4 Å². The zero-order valence-corrected chi connectivity index (χ0v) is 10.3. The van der Waals surface area contributed by atoms with E-state index in [0.29, 0.717) is 12.3 Å². The Hall–Kier alpha value is -1.46. The van der Waals surface area contributed by atoms with Crippen LogP contribution in [-0.2, 0) is 0 Å². The van der Waals surface area contributed by atoms with Gasteiger partial charge in [0, 0.05) is 6.54 Å². The number of carboxylic acids is 1. The van der Waals surface area contributed by atoms with Gasteiger partial charge in [-0.2, -0.15) is 0 Å². The van der Waals surface area contributed by atoms with Gasteiger partial charge in [-0.25, -0.2) is 4.79 Å². The van der Waals surface area contributed by atoms with E-state index >= 15 is 0 Å². The molecule has 0 aromatic heterocycles. The zero-order chi connectivity index (χ0) is 13.0. The number of carboxylic acid groups (broad SMARTS) is 1. The Kier molecular flexibility index (Phi) is 4.60. The molecule has 0 saturated carbocycles. The lowest BCUT2D eigenvalue weighted by atomic mass is 10.2. The topological polar surface area (TPSA) is 81.8 Å². The third-order valence-corrected chi connectivity index (χ3v) is 2.41. The van der Waals surface area contributed by atoms with Crippen molar-refractivity contribution in [2.75, 3.05) is 13.7 Å². The van der Waals surface area contributed by atoms with Gasteiger partial charge in [-0.15, -0.1) is 0 Å². The summed E-state index contributed by atoms with van der Waals surface area (Å²) >= 11 is 5.95. The van der Waals surface area contributed by atoms with Crippen LogP contribution in [0.5, 0.6) is 11.5 Å². The Morgan fingerprint density at radius 2 is 2.24 bits per heavy atom. The van der Waals surface area contributed by atoms with E-state index < -0.39 is 5.97 Å². The van der Waals surface area contributed by atoms with Gasteiger partial charge >= 0.3 is 5.97 Å². The molecule has 6 heteroatoms. The minimum Gasteiger partial charge on any atom is -0.493 e. The molecule has 17 heavy (non-hydrogen) atoms. The summed E-state index contributed by atoms with van der Waals surface area (Å²) in [6.45, 7) is 2.10. The molecule has 0 amide bonds. The third kappa shape index (κ3) is 3.25. The fraction of sp³-hybridized carbons (Fsp3) is 0.364. The quantitative estimate of drug-likeness (QED) is 0.842. The maximum absolute atomic E-state index is 10.8. The van der Waals surface area contributed by atoms with Crippen molar-refractivity contribution in [3.8, 4) is 11.5 Å². The number of benzene rings is 1. The predicted molar refractivity (Wildman–Crippen MR) is 64.1 cm³/mol. The van der Waals surface area contributed by atoms with Crippen LogP contribution in [0.25, 0.3) is 0 Å². The molecular weight excluding hydrogens is 246 g/mol. The maximum atomic E-state index is 10.8. The summed E-state index contributed by atoms with van der Waals surface area (Å²) in [5.41, 5.74) is 5.48. The summed E-state index contributed by atoms with van der Waals surface area (Å²) in [5, 5.41) is 9.06. The van der Waals surface area contributed by atoms with Crippen molar-refractivity contribution in [2.45, 2.75) is 13.0 Å². The van der Waals surface area contributed by atoms with Gasteiger partial charge in [0.1, 0.15) is 6.10 Å². The van der Waals surface area contributed by atoms with Crippen LogP contribution in [-0.4, -0.2) is 30.8 Å². The van der Waals surface area contributed by atoms with E-state index in [0.717, 1.165) is 0 Å². The zero-order valence-electron chi connectivity index (χ0n) is 9.57. The summed E-state index contributed by atoms with van der Waals surface area (Å²) in [7, 11) is 1.41. The minimum atomic E-state index is -1.08. The first kappa shape index (κ1) is 13.6. The van der Waals surface area contributed by atoms with Crippen molar-refractivity contribution >= 4 is 17.6 Å². The highest BCUT2D eigenvalue weighted by Crippen LogP contribution is 2.37. The van der Waals surface area contributed by atoms with Crippen molar-refractivity contribution in [1.29, 1.82) is 0 Å². The molecule has 0 bridgehead atoms. The van der Waals surface area contributed by atoms with E-state index in [4.69, 9.17) is 31.9 Å². The molecule has 0 aliphatic rings. The molecule has 0 aliphatic heterocycles. The van der Waals surface area contributed by atoms with Crippen LogP contribution in [0.1, 0.15) is 17.3 Å². The second kappa shape index (κ2) is 5.75. The Balaban J connectivity index is 3.16. The van der Waals surface area contributed by atoms with Crippen LogP contribution in [0.2, 0.25) is 5.02 Å². The van der Waals surface area contributed by atoms with Crippen molar-refractivity contribution in [1.82, 2.24) is 0 Å². The maximum Gasteiger partial charge on any atom is 0.335 e. The lowest BCUT2D eigenvalue weighted by Gasteiger charge is -2.17. The molecule has 1 aromatic rings. The number of nitrogens with two attached hydrogens (primary N) is 1. The summed E-state index contributed by atoms with van der Waals surface area (Å²) in [6, 6.07) is 2.66. The molecule has 3 N–H and O–H groups in total. The van der Waals surface area contributed by atoms with Crippen molar-refractivity contribution in [2.24, 2.45) is 5.73 Å². The summed E-state index contributed by atoms with van der Waals surface area (Å²) in [6.07, 6.45) is -0.239. The van der Waals surface area contributed by atoms with Crippen molar-refractivity contribution in [3.63, 3.8) is 0 Å². The Morgan fingerprint density at radius 3 is 2.71 bits per heavy atom. The predicted octanol–water partition coefficient (Wildman–Crippen LogP) is 1.77. The molecular formula is C11H14ClNO4. The number of rotatable bonds is 5. The second-order valence-electron chi connectivity index (χ2n) is 3.46. The van der Waals surface area contributed by atoms with E-state index in [2.05, 4.69) is 0 Å². The monoisotopic (exact) mass is 259 g/mol. The van der Waals surface area contributed by atoms with E-state index in [1.807, 2.05) is 0 Å². The lowest BCUT2D eigenvalue weighted by Crippen LogP contribution is -2.23. The number of hydrogen-bond acceptors (Lipinski definition) is 4.